The minimum atomic E-state index is 0.0305. The van der Waals surface area contributed by atoms with E-state index < -0.39 is 0 Å². The normalized spacial score (nSPS) is 28.0. The molecule has 0 spiro atoms. The predicted octanol–water partition coefficient (Wildman–Crippen LogP) is 3.00. The highest BCUT2D eigenvalue weighted by Crippen LogP contribution is 2.59. The maximum Gasteiger partial charge on any atom is 0.230 e. The van der Waals surface area contributed by atoms with Crippen LogP contribution >= 0.6 is 11.8 Å². The van der Waals surface area contributed by atoms with Gasteiger partial charge in [0.05, 0.1) is 12.9 Å². The molecule has 4 saturated carbocycles. The van der Waals surface area contributed by atoms with Crippen molar-refractivity contribution in [2.75, 3.05) is 25.3 Å². The van der Waals surface area contributed by atoms with E-state index in [2.05, 4.69) is 15.5 Å². The van der Waals surface area contributed by atoms with Crippen molar-refractivity contribution in [3.05, 3.63) is 30.1 Å². The van der Waals surface area contributed by atoms with E-state index in [-0.39, 0.29) is 18.3 Å². The number of amides is 1. The molecule has 1 aromatic heterocycles. The second-order valence-corrected chi connectivity index (χ2v) is 10.7. The van der Waals surface area contributed by atoms with Crippen molar-refractivity contribution in [2.24, 2.45) is 23.2 Å². The van der Waals surface area contributed by atoms with Crippen molar-refractivity contribution >= 4 is 17.7 Å². The van der Waals surface area contributed by atoms with Crippen molar-refractivity contribution in [3.63, 3.8) is 0 Å². The molecule has 4 aliphatic rings. The zero-order valence-corrected chi connectivity index (χ0v) is 19.3. The van der Waals surface area contributed by atoms with Gasteiger partial charge in [-0.2, -0.15) is 0 Å². The monoisotopic (exact) mass is 457 g/mol. The highest BCUT2D eigenvalue weighted by atomic mass is 32.2. The summed E-state index contributed by atoms with van der Waals surface area (Å²) in [5.41, 5.74) is 0.341. The zero-order valence-electron chi connectivity index (χ0n) is 18.5. The Hall–Kier alpha value is -2.42. The van der Waals surface area contributed by atoms with E-state index in [0.29, 0.717) is 27.9 Å². The first-order valence-corrected chi connectivity index (χ1v) is 12.4. The van der Waals surface area contributed by atoms with Crippen LogP contribution in [0.4, 0.5) is 0 Å². The van der Waals surface area contributed by atoms with Gasteiger partial charge in [0.2, 0.25) is 11.1 Å². The van der Waals surface area contributed by atoms with Gasteiger partial charge in [-0.3, -0.25) is 4.79 Å². The standard InChI is InChI=1S/C23H31N5O3S/c1-30-18-3-2-4-19(8-18)31-12-20-26-27-22(28(20)24)32-13-21(29)25-14-23-9-15-5-16(10-23)7-17(6-15)11-23/h2-4,8,15-17H,5-7,9-14,24H2,1H3,(H,25,29). The lowest BCUT2D eigenvalue weighted by Crippen LogP contribution is -2.51. The number of thioether (sulfide) groups is 1. The largest absolute Gasteiger partial charge is 0.497 e. The summed E-state index contributed by atoms with van der Waals surface area (Å²) in [7, 11) is 1.61. The highest BCUT2D eigenvalue weighted by molar-refractivity contribution is 7.99. The van der Waals surface area contributed by atoms with Crippen molar-refractivity contribution in [2.45, 2.75) is 50.3 Å². The average molecular weight is 458 g/mol. The molecule has 0 aliphatic heterocycles. The smallest absolute Gasteiger partial charge is 0.230 e. The van der Waals surface area contributed by atoms with Gasteiger partial charge < -0.3 is 20.6 Å². The molecule has 4 aliphatic carbocycles. The molecule has 6 rings (SSSR count). The Morgan fingerprint density at radius 2 is 1.88 bits per heavy atom. The number of methoxy groups -OCH3 is 1. The second kappa shape index (κ2) is 8.84. The third kappa shape index (κ3) is 4.53. The van der Waals surface area contributed by atoms with Gasteiger partial charge in [-0.1, -0.05) is 17.8 Å². The lowest BCUT2D eigenvalue weighted by Gasteiger charge is -2.56. The zero-order chi connectivity index (χ0) is 22.1. The number of carbonyl (C=O) groups excluding carboxylic acids is 1. The van der Waals surface area contributed by atoms with Gasteiger partial charge in [-0.05, 0) is 73.8 Å². The van der Waals surface area contributed by atoms with Crippen LogP contribution in [0.2, 0.25) is 0 Å². The summed E-state index contributed by atoms with van der Waals surface area (Å²) in [6.45, 7) is 0.986. The molecular formula is C23H31N5O3S. The van der Waals surface area contributed by atoms with Crippen LogP contribution in [-0.4, -0.2) is 40.2 Å². The Kier molecular flexibility index (Phi) is 5.92. The molecule has 0 unspecified atom stereocenters. The molecule has 0 radical (unpaired) electrons. The lowest BCUT2D eigenvalue weighted by atomic mass is 9.49. The fourth-order valence-electron chi connectivity index (χ4n) is 6.32. The molecule has 1 aromatic carbocycles. The van der Waals surface area contributed by atoms with Gasteiger partial charge in [0.15, 0.2) is 5.82 Å². The summed E-state index contributed by atoms with van der Waals surface area (Å²) in [6.07, 6.45) is 8.12. The number of rotatable bonds is 9. The Morgan fingerprint density at radius 3 is 2.56 bits per heavy atom. The van der Waals surface area contributed by atoms with Gasteiger partial charge in [-0.25, -0.2) is 4.68 Å². The fraction of sp³-hybridized carbons (Fsp3) is 0.609. The minimum absolute atomic E-state index is 0.0305. The van der Waals surface area contributed by atoms with Gasteiger partial charge in [0.25, 0.3) is 0 Å². The van der Waals surface area contributed by atoms with E-state index in [1.807, 2.05) is 18.2 Å². The van der Waals surface area contributed by atoms with Crippen LogP contribution in [0.3, 0.4) is 0 Å². The van der Waals surface area contributed by atoms with Crippen molar-refractivity contribution in [1.82, 2.24) is 20.2 Å². The van der Waals surface area contributed by atoms with E-state index >= 15 is 0 Å². The summed E-state index contributed by atoms with van der Waals surface area (Å²) in [6, 6.07) is 7.33. The summed E-state index contributed by atoms with van der Waals surface area (Å²) in [4.78, 5) is 12.5. The van der Waals surface area contributed by atoms with E-state index in [9.17, 15) is 4.79 Å². The van der Waals surface area contributed by atoms with E-state index in [1.165, 1.54) is 55.0 Å². The Balaban J connectivity index is 1.10. The van der Waals surface area contributed by atoms with Crippen molar-refractivity contribution in [3.8, 4) is 11.5 Å². The van der Waals surface area contributed by atoms with Crippen LogP contribution < -0.4 is 20.6 Å². The van der Waals surface area contributed by atoms with Gasteiger partial charge in [0.1, 0.15) is 18.1 Å². The van der Waals surface area contributed by atoms with Gasteiger partial charge in [0, 0.05) is 12.6 Å². The van der Waals surface area contributed by atoms with E-state index in [0.717, 1.165) is 24.3 Å². The summed E-state index contributed by atoms with van der Waals surface area (Å²) >= 11 is 1.30. The minimum Gasteiger partial charge on any atom is -0.497 e. The molecular weight excluding hydrogens is 426 g/mol. The lowest BCUT2D eigenvalue weighted by molar-refractivity contribution is -0.120. The van der Waals surface area contributed by atoms with Crippen molar-refractivity contribution < 1.29 is 14.3 Å². The quantitative estimate of drug-likeness (QED) is 0.441. The molecule has 2 aromatic rings. The summed E-state index contributed by atoms with van der Waals surface area (Å²) in [5, 5.41) is 11.9. The number of aromatic nitrogens is 3. The number of nitrogen functional groups attached to an aromatic ring is 1. The molecule has 1 heterocycles. The molecule has 1 amide bonds. The number of hydrogen-bond acceptors (Lipinski definition) is 7. The summed E-state index contributed by atoms with van der Waals surface area (Å²) in [5.74, 6) is 11.0. The first-order chi connectivity index (χ1) is 15.5. The maximum absolute atomic E-state index is 12.5. The molecule has 3 N–H and O–H groups in total. The number of hydrogen-bond donors (Lipinski definition) is 2. The molecule has 172 valence electrons. The molecule has 4 fully saturated rings. The van der Waals surface area contributed by atoms with Crippen LogP contribution in [0.25, 0.3) is 0 Å². The Labute approximate surface area is 192 Å². The van der Waals surface area contributed by atoms with Crippen LogP contribution in [-0.2, 0) is 11.4 Å². The molecule has 9 heteroatoms. The molecule has 32 heavy (non-hydrogen) atoms. The van der Waals surface area contributed by atoms with Gasteiger partial charge in [-0.15, -0.1) is 10.2 Å². The summed E-state index contributed by atoms with van der Waals surface area (Å²) < 4.78 is 12.3. The number of nitrogens with zero attached hydrogens (tertiary/aromatic N) is 3. The second-order valence-electron chi connectivity index (χ2n) is 9.72. The number of carbonyl (C=O) groups is 1. The Bertz CT molecular complexity index is 943. The third-order valence-electron chi connectivity index (χ3n) is 7.30. The SMILES string of the molecule is COc1cccc(OCc2nnc(SCC(=O)NCC34CC5CC(CC(C5)C3)C4)n2N)c1. The van der Waals surface area contributed by atoms with E-state index in [4.69, 9.17) is 15.3 Å². The average Bonchev–Trinajstić information content (AvgIpc) is 3.13. The first-order valence-electron chi connectivity index (χ1n) is 11.4. The highest BCUT2D eigenvalue weighted by Gasteiger charge is 2.50. The van der Waals surface area contributed by atoms with Crippen LogP contribution in [0.1, 0.15) is 44.3 Å². The predicted molar refractivity (Wildman–Crippen MR) is 122 cm³/mol. The first kappa shape index (κ1) is 21.4. The number of nitrogens with one attached hydrogen (secondary N) is 1. The van der Waals surface area contributed by atoms with E-state index in [1.54, 1.807) is 13.2 Å². The Morgan fingerprint density at radius 1 is 1.19 bits per heavy atom. The number of benzene rings is 1. The molecule has 8 nitrogen and oxygen atoms in total. The third-order valence-corrected chi connectivity index (χ3v) is 8.25. The molecule has 0 atom stereocenters. The maximum atomic E-state index is 12.5. The van der Waals surface area contributed by atoms with Gasteiger partial charge >= 0.3 is 0 Å². The van der Waals surface area contributed by atoms with Crippen LogP contribution in [0.5, 0.6) is 11.5 Å². The molecule has 0 saturated heterocycles. The topological polar surface area (TPSA) is 104 Å². The number of nitrogens with two attached hydrogens (primary N) is 1. The van der Waals surface area contributed by atoms with Crippen molar-refractivity contribution in [1.29, 1.82) is 0 Å². The fourth-order valence-corrected chi connectivity index (χ4v) is 7.02. The molecule has 4 bridgehead atoms. The van der Waals surface area contributed by atoms with Crippen LogP contribution in [0.15, 0.2) is 29.4 Å². The number of ether oxygens (including phenoxy) is 2. The van der Waals surface area contributed by atoms with Crippen LogP contribution in [0, 0.1) is 23.2 Å².